The van der Waals surface area contributed by atoms with Crippen molar-refractivity contribution in [1.29, 1.82) is 0 Å². The lowest BCUT2D eigenvalue weighted by atomic mass is 9.95. The minimum atomic E-state index is 0.623. The van der Waals surface area contributed by atoms with Crippen molar-refractivity contribution in [2.24, 2.45) is 5.92 Å². The molecule has 2 heteroatoms. The van der Waals surface area contributed by atoms with Crippen molar-refractivity contribution in [2.75, 3.05) is 7.05 Å². The maximum atomic E-state index is 4.07. The van der Waals surface area contributed by atoms with E-state index in [9.17, 15) is 0 Å². The van der Waals surface area contributed by atoms with Gasteiger partial charge in [-0.3, -0.25) is 4.98 Å². The monoisotopic (exact) mass is 232 g/mol. The van der Waals surface area contributed by atoms with Crippen LogP contribution in [0, 0.1) is 5.92 Å². The molecule has 0 radical (unpaired) electrons. The fourth-order valence-electron chi connectivity index (χ4n) is 2.89. The Labute approximate surface area is 105 Å². The van der Waals surface area contributed by atoms with E-state index in [4.69, 9.17) is 0 Å². The van der Waals surface area contributed by atoms with Crippen LogP contribution in [0.3, 0.4) is 0 Å². The van der Waals surface area contributed by atoms with Gasteiger partial charge in [0.15, 0.2) is 0 Å². The zero-order chi connectivity index (χ0) is 11.9. The summed E-state index contributed by atoms with van der Waals surface area (Å²) in [6.45, 7) is 0. The predicted molar refractivity (Wildman–Crippen MR) is 72.0 cm³/mol. The normalized spacial score (nSPS) is 18.4. The van der Waals surface area contributed by atoms with Crippen molar-refractivity contribution in [3.8, 4) is 0 Å². The number of aromatic nitrogens is 1. The maximum Gasteiger partial charge on any atom is 0.0270 e. The molecule has 0 amide bonds. The van der Waals surface area contributed by atoms with Crippen LogP contribution in [0.5, 0.6) is 0 Å². The number of pyridine rings is 1. The second-order valence-corrected chi connectivity index (χ2v) is 5.27. The van der Waals surface area contributed by atoms with Crippen LogP contribution >= 0.6 is 0 Å². The molecule has 1 fully saturated rings. The van der Waals surface area contributed by atoms with Gasteiger partial charge in [0.25, 0.3) is 0 Å². The molecule has 0 aromatic carbocycles. The van der Waals surface area contributed by atoms with Gasteiger partial charge in [-0.15, -0.1) is 0 Å². The third-order valence-electron chi connectivity index (χ3n) is 4.04. The summed E-state index contributed by atoms with van der Waals surface area (Å²) < 4.78 is 0. The van der Waals surface area contributed by atoms with Gasteiger partial charge in [0.05, 0.1) is 0 Å². The Bertz CT molecular complexity index is 304. The van der Waals surface area contributed by atoms with E-state index in [1.54, 1.807) is 0 Å². The van der Waals surface area contributed by atoms with Gasteiger partial charge in [-0.05, 0) is 49.9 Å². The fourth-order valence-corrected chi connectivity index (χ4v) is 2.89. The first-order valence-corrected chi connectivity index (χ1v) is 6.94. The highest BCUT2D eigenvalue weighted by atomic mass is 14.9. The van der Waals surface area contributed by atoms with Crippen molar-refractivity contribution in [3.05, 3.63) is 30.1 Å². The first-order chi connectivity index (χ1) is 8.38. The van der Waals surface area contributed by atoms with Gasteiger partial charge in [0.2, 0.25) is 0 Å². The van der Waals surface area contributed by atoms with Crippen LogP contribution < -0.4 is 5.32 Å². The van der Waals surface area contributed by atoms with Crippen LogP contribution in [0.4, 0.5) is 0 Å². The van der Waals surface area contributed by atoms with Crippen LogP contribution in [0.25, 0.3) is 0 Å². The summed E-state index contributed by atoms with van der Waals surface area (Å²) in [5.74, 6) is 1.00. The number of likely N-dealkylation sites (N-methyl/N-ethyl adjacent to an activating group) is 1. The minimum absolute atomic E-state index is 0.623. The average molecular weight is 232 g/mol. The highest BCUT2D eigenvalue weighted by Crippen LogP contribution is 2.29. The molecule has 1 aliphatic rings. The molecule has 1 saturated carbocycles. The van der Waals surface area contributed by atoms with Gasteiger partial charge in [-0.2, -0.15) is 0 Å². The molecule has 1 aliphatic carbocycles. The molecule has 0 aliphatic heterocycles. The van der Waals surface area contributed by atoms with Gasteiger partial charge < -0.3 is 5.32 Å². The van der Waals surface area contributed by atoms with Gasteiger partial charge in [0.1, 0.15) is 0 Å². The molecule has 2 nitrogen and oxygen atoms in total. The first kappa shape index (κ1) is 12.6. The smallest absolute Gasteiger partial charge is 0.0270 e. The molecule has 1 unspecified atom stereocenters. The van der Waals surface area contributed by atoms with Crippen LogP contribution in [-0.4, -0.2) is 18.1 Å². The third-order valence-corrected chi connectivity index (χ3v) is 4.04. The lowest BCUT2D eigenvalue weighted by Crippen LogP contribution is -2.28. The van der Waals surface area contributed by atoms with Crippen LogP contribution in [0.2, 0.25) is 0 Å². The van der Waals surface area contributed by atoms with Crippen LogP contribution in [0.1, 0.15) is 44.1 Å². The molecule has 1 atom stereocenters. The number of rotatable bonds is 6. The van der Waals surface area contributed by atoms with Crippen LogP contribution in [-0.2, 0) is 6.42 Å². The van der Waals surface area contributed by atoms with Crippen molar-refractivity contribution in [2.45, 2.75) is 51.0 Å². The summed E-state index contributed by atoms with van der Waals surface area (Å²) in [6.07, 6.45) is 13.5. The van der Waals surface area contributed by atoms with Gasteiger partial charge in [-0.25, -0.2) is 0 Å². The lowest BCUT2D eigenvalue weighted by molar-refractivity contribution is 0.418. The quantitative estimate of drug-likeness (QED) is 0.815. The number of hydrogen-bond donors (Lipinski definition) is 1. The van der Waals surface area contributed by atoms with Crippen molar-refractivity contribution in [3.63, 3.8) is 0 Å². The Morgan fingerprint density at radius 2 is 2.00 bits per heavy atom. The topological polar surface area (TPSA) is 24.9 Å². The van der Waals surface area contributed by atoms with Crippen molar-refractivity contribution >= 4 is 0 Å². The van der Waals surface area contributed by atoms with Gasteiger partial charge in [0, 0.05) is 18.4 Å². The Kier molecular flexibility index (Phi) is 4.99. The van der Waals surface area contributed by atoms with E-state index < -0.39 is 0 Å². The summed E-state index contributed by atoms with van der Waals surface area (Å²) in [6, 6.07) is 4.87. The summed E-state index contributed by atoms with van der Waals surface area (Å²) in [7, 11) is 2.08. The molecule has 1 N–H and O–H groups in total. The lowest BCUT2D eigenvalue weighted by Gasteiger charge is -2.18. The van der Waals surface area contributed by atoms with Crippen molar-refractivity contribution in [1.82, 2.24) is 10.3 Å². The number of hydrogen-bond acceptors (Lipinski definition) is 2. The third kappa shape index (κ3) is 4.12. The SMILES string of the molecule is CNC(CCC1CCCC1)Cc1ccncc1. The second-order valence-electron chi connectivity index (χ2n) is 5.27. The molecule has 1 aromatic heterocycles. The Morgan fingerprint density at radius 1 is 1.29 bits per heavy atom. The largest absolute Gasteiger partial charge is 0.317 e. The Hall–Kier alpha value is -0.890. The Balaban J connectivity index is 1.76. The number of nitrogens with one attached hydrogen (secondary N) is 1. The summed E-state index contributed by atoms with van der Waals surface area (Å²) in [4.78, 5) is 4.07. The fraction of sp³-hybridized carbons (Fsp3) is 0.667. The average Bonchev–Trinajstić information content (AvgIpc) is 2.89. The van der Waals surface area contributed by atoms with E-state index in [-0.39, 0.29) is 0 Å². The highest BCUT2D eigenvalue weighted by molar-refractivity contribution is 5.11. The van der Waals surface area contributed by atoms with E-state index in [1.807, 2.05) is 12.4 Å². The van der Waals surface area contributed by atoms with E-state index in [0.717, 1.165) is 12.3 Å². The predicted octanol–water partition coefficient (Wildman–Crippen LogP) is 3.18. The Morgan fingerprint density at radius 3 is 2.65 bits per heavy atom. The molecule has 94 valence electrons. The molecule has 2 rings (SSSR count). The highest BCUT2D eigenvalue weighted by Gasteiger charge is 2.16. The van der Waals surface area contributed by atoms with E-state index >= 15 is 0 Å². The van der Waals surface area contributed by atoms with E-state index in [2.05, 4.69) is 29.5 Å². The first-order valence-electron chi connectivity index (χ1n) is 6.94. The molecular formula is C15H24N2. The molecule has 0 bridgehead atoms. The molecule has 0 spiro atoms. The zero-order valence-electron chi connectivity index (χ0n) is 10.9. The molecule has 1 heterocycles. The molecule has 17 heavy (non-hydrogen) atoms. The molecular weight excluding hydrogens is 208 g/mol. The second kappa shape index (κ2) is 6.75. The molecule has 0 saturated heterocycles. The van der Waals surface area contributed by atoms with Crippen LogP contribution in [0.15, 0.2) is 24.5 Å². The molecule has 1 aromatic rings. The summed E-state index contributed by atoms with van der Waals surface area (Å²) in [5.41, 5.74) is 1.39. The van der Waals surface area contributed by atoms with Gasteiger partial charge >= 0.3 is 0 Å². The van der Waals surface area contributed by atoms with Gasteiger partial charge in [-0.1, -0.05) is 25.7 Å². The van der Waals surface area contributed by atoms with E-state index in [0.29, 0.717) is 6.04 Å². The zero-order valence-corrected chi connectivity index (χ0v) is 10.9. The standard InChI is InChI=1S/C15H24N2/c1-16-15(7-6-13-4-2-3-5-13)12-14-8-10-17-11-9-14/h8-11,13,15-16H,2-7,12H2,1H3. The minimum Gasteiger partial charge on any atom is -0.317 e. The maximum absolute atomic E-state index is 4.07. The number of nitrogens with zero attached hydrogens (tertiary/aromatic N) is 1. The summed E-state index contributed by atoms with van der Waals surface area (Å²) >= 11 is 0. The van der Waals surface area contributed by atoms with Crippen molar-refractivity contribution < 1.29 is 0 Å². The van der Waals surface area contributed by atoms with E-state index in [1.165, 1.54) is 44.1 Å². The summed E-state index contributed by atoms with van der Waals surface area (Å²) in [5, 5.41) is 3.45.